The lowest BCUT2D eigenvalue weighted by Crippen LogP contribution is -2.53. The van der Waals surface area contributed by atoms with Crippen LogP contribution < -0.4 is 9.47 Å². The highest BCUT2D eigenvalue weighted by atomic mass is 16.5. The molecule has 0 aromatic heterocycles. The number of hydrogen-bond acceptors (Lipinski definition) is 5. The maximum Gasteiger partial charge on any atom is 0.257 e. The van der Waals surface area contributed by atoms with Crippen molar-refractivity contribution in [3.63, 3.8) is 0 Å². The van der Waals surface area contributed by atoms with E-state index in [1.807, 2.05) is 46.2 Å². The van der Waals surface area contributed by atoms with Gasteiger partial charge in [-0.25, -0.2) is 0 Å². The van der Waals surface area contributed by atoms with Crippen LogP contribution in [-0.2, 0) is 9.59 Å². The normalized spacial score (nSPS) is 16.8. The first-order chi connectivity index (χ1) is 17.5. The van der Waals surface area contributed by atoms with Crippen LogP contribution in [0.2, 0.25) is 0 Å². The highest BCUT2D eigenvalue weighted by molar-refractivity contribution is 5.97. The van der Waals surface area contributed by atoms with Crippen molar-refractivity contribution in [2.24, 2.45) is 5.92 Å². The van der Waals surface area contributed by atoms with Crippen LogP contribution in [0.5, 0.6) is 11.5 Å². The first kappa shape index (κ1) is 25.3. The second-order valence-corrected chi connectivity index (χ2v) is 9.03. The number of piperidine rings is 1. The molecule has 2 aromatic rings. The summed E-state index contributed by atoms with van der Waals surface area (Å²) in [5, 5.41) is 0. The predicted molar refractivity (Wildman–Crippen MR) is 137 cm³/mol. The number of methoxy groups -OCH3 is 2. The van der Waals surface area contributed by atoms with Crippen molar-refractivity contribution in [2.75, 3.05) is 53.5 Å². The molecule has 0 saturated carbocycles. The first-order valence-electron chi connectivity index (χ1n) is 12.3. The van der Waals surface area contributed by atoms with Gasteiger partial charge in [-0.3, -0.25) is 14.4 Å². The zero-order chi connectivity index (χ0) is 25.5. The lowest BCUT2D eigenvalue weighted by molar-refractivity contribution is -0.140. The van der Waals surface area contributed by atoms with Crippen LogP contribution in [0, 0.1) is 5.92 Å². The van der Waals surface area contributed by atoms with Gasteiger partial charge in [0.05, 0.1) is 19.8 Å². The van der Waals surface area contributed by atoms with E-state index in [1.165, 1.54) is 7.11 Å². The van der Waals surface area contributed by atoms with E-state index in [-0.39, 0.29) is 23.6 Å². The molecule has 0 unspecified atom stereocenters. The maximum absolute atomic E-state index is 13.1. The molecule has 2 aromatic carbocycles. The first-order valence-corrected chi connectivity index (χ1v) is 12.3. The van der Waals surface area contributed by atoms with E-state index in [4.69, 9.17) is 9.47 Å². The number of piperazine rings is 1. The van der Waals surface area contributed by atoms with Gasteiger partial charge < -0.3 is 24.2 Å². The Hall–Kier alpha value is -3.81. The Balaban J connectivity index is 1.26. The second-order valence-electron chi connectivity index (χ2n) is 9.03. The third-order valence-electron chi connectivity index (χ3n) is 6.89. The van der Waals surface area contributed by atoms with E-state index >= 15 is 0 Å². The summed E-state index contributed by atoms with van der Waals surface area (Å²) in [6.07, 6.45) is 4.74. The molecule has 4 rings (SSSR count). The summed E-state index contributed by atoms with van der Waals surface area (Å²) < 4.78 is 10.6. The zero-order valence-electron chi connectivity index (χ0n) is 20.9. The fourth-order valence-corrected chi connectivity index (χ4v) is 4.72. The number of amides is 3. The summed E-state index contributed by atoms with van der Waals surface area (Å²) in [7, 11) is 3.10. The second kappa shape index (κ2) is 11.7. The largest absolute Gasteiger partial charge is 0.497 e. The molecule has 0 radical (unpaired) electrons. The van der Waals surface area contributed by atoms with Crippen LogP contribution in [0.4, 0.5) is 0 Å². The number of hydrogen-bond donors (Lipinski definition) is 0. The van der Waals surface area contributed by atoms with Crippen LogP contribution in [-0.4, -0.2) is 85.9 Å². The summed E-state index contributed by atoms with van der Waals surface area (Å²) in [4.78, 5) is 44.1. The molecule has 2 heterocycles. The predicted octanol–water partition coefficient (Wildman–Crippen LogP) is 2.94. The molecule has 2 aliphatic rings. The number of nitrogens with zero attached hydrogens (tertiary/aromatic N) is 3. The van der Waals surface area contributed by atoms with E-state index < -0.39 is 0 Å². The fourth-order valence-electron chi connectivity index (χ4n) is 4.72. The SMILES string of the molecule is COc1ccc(C(=O)N2CCN(C(=O)C3CCN(C(=O)/C=C/c4ccccc4)CC3)CC2)c(OC)c1. The van der Waals surface area contributed by atoms with E-state index in [1.54, 1.807) is 36.3 Å². The number of carbonyl (C=O) groups excluding carboxylic acids is 3. The lowest BCUT2D eigenvalue weighted by atomic mass is 9.94. The topological polar surface area (TPSA) is 79.4 Å². The molecule has 0 N–H and O–H groups in total. The van der Waals surface area contributed by atoms with Gasteiger partial charge in [-0.1, -0.05) is 30.3 Å². The highest BCUT2D eigenvalue weighted by Crippen LogP contribution is 2.27. The molecule has 0 atom stereocenters. The number of likely N-dealkylation sites (tertiary alicyclic amines) is 1. The lowest BCUT2D eigenvalue weighted by Gasteiger charge is -2.38. The van der Waals surface area contributed by atoms with E-state index in [0.29, 0.717) is 69.2 Å². The summed E-state index contributed by atoms with van der Waals surface area (Å²) in [6, 6.07) is 14.9. The minimum absolute atomic E-state index is 0.0224. The van der Waals surface area contributed by atoms with Gasteiger partial charge in [0.25, 0.3) is 5.91 Å². The molecular weight excluding hydrogens is 458 g/mol. The van der Waals surface area contributed by atoms with Gasteiger partial charge in [-0.05, 0) is 36.6 Å². The molecule has 2 fully saturated rings. The number of ether oxygens (including phenoxy) is 2. The summed E-state index contributed by atoms with van der Waals surface area (Å²) in [5.41, 5.74) is 1.47. The molecule has 8 heteroatoms. The number of carbonyl (C=O) groups is 3. The van der Waals surface area contributed by atoms with Gasteiger partial charge in [0.1, 0.15) is 11.5 Å². The van der Waals surface area contributed by atoms with Gasteiger partial charge in [-0.2, -0.15) is 0 Å². The van der Waals surface area contributed by atoms with Crippen molar-refractivity contribution >= 4 is 23.8 Å². The molecule has 36 heavy (non-hydrogen) atoms. The number of rotatable bonds is 6. The van der Waals surface area contributed by atoms with E-state index in [2.05, 4.69) is 0 Å². The maximum atomic E-state index is 13.1. The van der Waals surface area contributed by atoms with Crippen LogP contribution in [0.1, 0.15) is 28.8 Å². The van der Waals surface area contributed by atoms with Gasteiger partial charge >= 0.3 is 0 Å². The Morgan fingerprint density at radius 3 is 2.11 bits per heavy atom. The Morgan fingerprint density at radius 1 is 0.806 bits per heavy atom. The van der Waals surface area contributed by atoms with Gasteiger partial charge in [0.15, 0.2) is 0 Å². The van der Waals surface area contributed by atoms with Crippen LogP contribution in [0.25, 0.3) is 6.08 Å². The smallest absolute Gasteiger partial charge is 0.257 e. The molecular formula is C28H33N3O5. The molecule has 190 valence electrons. The van der Waals surface area contributed by atoms with Crippen molar-refractivity contribution in [3.05, 3.63) is 65.7 Å². The monoisotopic (exact) mass is 491 g/mol. The minimum Gasteiger partial charge on any atom is -0.497 e. The van der Waals surface area contributed by atoms with Gasteiger partial charge in [0.2, 0.25) is 11.8 Å². The zero-order valence-corrected chi connectivity index (χ0v) is 20.9. The molecule has 0 aliphatic carbocycles. The Kier molecular flexibility index (Phi) is 8.25. The summed E-state index contributed by atoms with van der Waals surface area (Å²) in [6.45, 7) is 3.10. The fraction of sp³-hybridized carbons (Fsp3) is 0.393. The molecule has 0 spiro atoms. The van der Waals surface area contributed by atoms with Crippen molar-refractivity contribution in [1.82, 2.24) is 14.7 Å². The molecule has 2 aliphatic heterocycles. The highest BCUT2D eigenvalue weighted by Gasteiger charge is 2.32. The van der Waals surface area contributed by atoms with Crippen molar-refractivity contribution in [1.29, 1.82) is 0 Å². The Labute approximate surface area is 212 Å². The molecule has 2 saturated heterocycles. The van der Waals surface area contributed by atoms with Gasteiger partial charge in [0, 0.05) is 57.3 Å². The minimum atomic E-state index is -0.114. The molecule has 0 bridgehead atoms. The average molecular weight is 492 g/mol. The number of benzene rings is 2. The quantitative estimate of drug-likeness (QED) is 0.581. The van der Waals surface area contributed by atoms with E-state index in [0.717, 1.165) is 5.56 Å². The molecule has 3 amide bonds. The van der Waals surface area contributed by atoms with Crippen molar-refractivity contribution in [3.8, 4) is 11.5 Å². The van der Waals surface area contributed by atoms with Crippen LogP contribution >= 0.6 is 0 Å². The van der Waals surface area contributed by atoms with Crippen molar-refractivity contribution in [2.45, 2.75) is 12.8 Å². The van der Waals surface area contributed by atoms with E-state index in [9.17, 15) is 14.4 Å². The van der Waals surface area contributed by atoms with Crippen LogP contribution in [0.15, 0.2) is 54.6 Å². The van der Waals surface area contributed by atoms with Crippen LogP contribution in [0.3, 0.4) is 0 Å². The van der Waals surface area contributed by atoms with Gasteiger partial charge in [-0.15, -0.1) is 0 Å². The van der Waals surface area contributed by atoms with Crippen molar-refractivity contribution < 1.29 is 23.9 Å². The third-order valence-corrected chi connectivity index (χ3v) is 6.89. The standard InChI is InChI=1S/C28H33N3O5/c1-35-23-9-10-24(25(20-23)36-2)28(34)31-18-16-30(17-19-31)27(33)22-12-14-29(15-13-22)26(32)11-8-21-6-4-3-5-7-21/h3-11,20,22H,12-19H2,1-2H3/b11-8+. The summed E-state index contributed by atoms with van der Waals surface area (Å²) in [5.74, 6) is 0.992. The molecule has 8 nitrogen and oxygen atoms in total. The Bertz CT molecular complexity index is 1100. The third kappa shape index (κ3) is 5.87. The average Bonchev–Trinajstić information content (AvgIpc) is 2.95. The Morgan fingerprint density at radius 2 is 1.47 bits per heavy atom. The summed E-state index contributed by atoms with van der Waals surface area (Å²) >= 11 is 0.